The van der Waals surface area contributed by atoms with Gasteiger partial charge in [-0.3, -0.25) is 0 Å². The Labute approximate surface area is 109 Å². The van der Waals surface area contributed by atoms with E-state index >= 15 is 0 Å². The van der Waals surface area contributed by atoms with Crippen LogP contribution in [0.5, 0.6) is 5.75 Å². The minimum Gasteiger partial charge on any atom is -0.491 e. The lowest BCUT2D eigenvalue weighted by Gasteiger charge is -2.07. The van der Waals surface area contributed by atoms with Gasteiger partial charge in [0.05, 0.1) is 17.6 Å². The number of hydrogen-bond donors (Lipinski definition) is 0. The van der Waals surface area contributed by atoms with Crippen molar-refractivity contribution >= 4 is 19.7 Å². The van der Waals surface area contributed by atoms with E-state index in [1.54, 1.807) is 0 Å². The first-order chi connectivity index (χ1) is 8.45. The zero-order chi connectivity index (χ0) is 13.6. The Morgan fingerprint density at radius 1 is 1.39 bits per heavy atom. The van der Waals surface area contributed by atoms with Gasteiger partial charge in [0.15, 0.2) is 11.6 Å². The number of ether oxygens (including phenoxy) is 1. The van der Waals surface area contributed by atoms with Crippen LogP contribution in [0.2, 0.25) is 0 Å². The molecule has 0 radical (unpaired) electrons. The Bertz CT molecular complexity index is 554. The highest BCUT2D eigenvalue weighted by atomic mass is 35.7. The highest BCUT2D eigenvalue weighted by Crippen LogP contribution is 2.23. The third-order valence-electron chi connectivity index (χ3n) is 2.13. The molecule has 0 saturated heterocycles. The lowest BCUT2D eigenvalue weighted by Crippen LogP contribution is -2.00. The highest BCUT2D eigenvalue weighted by Gasteiger charge is 2.13. The summed E-state index contributed by atoms with van der Waals surface area (Å²) in [4.78, 5) is -0.307. The summed E-state index contributed by atoms with van der Waals surface area (Å²) in [6.45, 7) is 0.269. The topological polar surface area (TPSA) is 67.2 Å². The van der Waals surface area contributed by atoms with Gasteiger partial charge in [0, 0.05) is 17.1 Å². The molecule has 0 atom stereocenters. The molecule has 0 heterocycles. The van der Waals surface area contributed by atoms with Crippen LogP contribution in [0.25, 0.3) is 0 Å². The number of nitriles is 1. The van der Waals surface area contributed by atoms with Crippen LogP contribution in [0, 0.1) is 17.1 Å². The molecule has 0 saturated carbocycles. The molecule has 18 heavy (non-hydrogen) atoms. The van der Waals surface area contributed by atoms with Gasteiger partial charge in [-0.2, -0.15) is 5.26 Å². The van der Waals surface area contributed by atoms with Gasteiger partial charge in [-0.15, -0.1) is 0 Å². The van der Waals surface area contributed by atoms with E-state index in [0.29, 0.717) is 19.3 Å². The maximum absolute atomic E-state index is 13.5. The molecule has 0 unspecified atom stereocenters. The standard InChI is InChI=1S/C11H11ClFNO3S/c12-18(15,16)9-4-5-11(10(13)8-9)17-7-3-1-2-6-14/h4-5,8H,1-3,7H2. The van der Waals surface area contributed by atoms with E-state index in [-0.39, 0.29) is 17.3 Å². The minimum absolute atomic E-state index is 0.0315. The fourth-order valence-corrected chi connectivity index (χ4v) is 2.00. The average molecular weight is 292 g/mol. The third kappa shape index (κ3) is 4.51. The number of hydrogen-bond acceptors (Lipinski definition) is 4. The van der Waals surface area contributed by atoms with E-state index in [1.165, 1.54) is 12.1 Å². The number of rotatable bonds is 6. The van der Waals surface area contributed by atoms with Crippen molar-refractivity contribution in [3.05, 3.63) is 24.0 Å². The predicted molar refractivity (Wildman–Crippen MR) is 64.4 cm³/mol. The first-order valence-electron chi connectivity index (χ1n) is 5.19. The van der Waals surface area contributed by atoms with Crippen molar-refractivity contribution in [2.45, 2.75) is 24.2 Å². The van der Waals surface area contributed by atoms with Crippen molar-refractivity contribution in [2.24, 2.45) is 0 Å². The number of unbranched alkanes of at least 4 members (excludes halogenated alkanes) is 2. The molecule has 0 aliphatic heterocycles. The maximum atomic E-state index is 13.5. The molecule has 4 nitrogen and oxygen atoms in total. The SMILES string of the molecule is N#CCCCCOc1ccc(S(=O)(=O)Cl)cc1F. The van der Waals surface area contributed by atoms with Gasteiger partial charge in [0.25, 0.3) is 9.05 Å². The molecule has 98 valence electrons. The van der Waals surface area contributed by atoms with Crippen molar-refractivity contribution < 1.29 is 17.5 Å². The largest absolute Gasteiger partial charge is 0.491 e. The quantitative estimate of drug-likeness (QED) is 0.597. The van der Waals surface area contributed by atoms with Crippen LogP contribution in [0.15, 0.2) is 23.1 Å². The third-order valence-corrected chi connectivity index (χ3v) is 3.48. The molecular weight excluding hydrogens is 281 g/mol. The van der Waals surface area contributed by atoms with E-state index in [0.717, 1.165) is 6.07 Å². The zero-order valence-corrected chi connectivity index (χ0v) is 11.0. The predicted octanol–water partition coefficient (Wildman–Crippen LogP) is 2.83. The molecule has 0 aliphatic rings. The van der Waals surface area contributed by atoms with Crippen LogP contribution in [0.1, 0.15) is 19.3 Å². The average Bonchev–Trinajstić information content (AvgIpc) is 2.29. The summed E-state index contributed by atoms with van der Waals surface area (Å²) in [6, 6.07) is 5.20. The fraction of sp³-hybridized carbons (Fsp3) is 0.364. The van der Waals surface area contributed by atoms with E-state index in [1.807, 2.05) is 6.07 Å². The second kappa shape index (κ2) is 6.57. The number of benzene rings is 1. The van der Waals surface area contributed by atoms with Gasteiger partial charge in [0.1, 0.15) is 0 Å². The van der Waals surface area contributed by atoms with Crippen LogP contribution >= 0.6 is 10.7 Å². The Morgan fingerprint density at radius 2 is 2.11 bits per heavy atom. The molecule has 1 aromatic rings. The number of nitrogens with zero attached hydrogens (tertiary/aromatic N) is 1. The molecular formula is C11H11ClFNO3S. The Balaban J connectivity index is 2.61. The highest BCUT2D eigenvalue weighted by molar-refractivity contribution is 8.13. The first-order valence-corrected chi connectivity index (χ1v) is 7.50. The van der Waals surface area contributed by atoms with Gasteiger partial charge < -0.3 is 4.74 Å². The molecule has 1 rings (SSSR count). The second-order valence-corrected chi connectivity index (χ2v) is 6.06. The van der Waals surface area contributed by atoms with Crippen molar-refractivity contribution in [2.75, 3.05) is 6.61 Å². The van der Waals surface area contributed by atoms with Gasteiger partial charge >= 0.3 is 0 Å². The van der Waals surface area contributed by atoms with Crippen LogP contribution in [-0.4, -0.2) is 15.0 Å². The molecule has 0 aliphatic carbocycles. The molecule has 0 fully saturated rings. The van der Waals surface area contributed by atoms with E-state index in [4.69, 9.17) is 20.7 Å². The maximum Gasteiger partial charge on any atom is 0.261 e. The summed E-state index contributed by atoms with van der Waals surface area (Å²) in [5, 5.41) is 8.31. The second-order valence-electron chi connectivity index (χ2n) is 3.49. The summed E-state index contributed by atoms with van der Waals surface area (Å²) in [6.07, 6.45) is 1.73. The zero-order valence-electron chi connectivity index (χ0n) is 9.40. The number of halogens is 2. The molecule has 7 heteroatoms. The van der Waals surface area contributed by atoms with Gasteiger partial charge in [-0.05, 0) is 31.0 Å². The van der Waals surface area contributed by atoms with Crippen LogP contribution in [0.4, 0.5) is 4.39 Å². The van der Waals surface area contributed by atoms with E-state index in [9.17, 15) is 12.8 Å². The summed E-state index contributed by atoms with van der Waals surface area (Å²) >= 11 is 0. The molecule has 0 N–H and O–H groups in total. The van der Waals surface area contributed by atoms with Gasteiger partial charge in [0.2, 0.25) is 0 Å². The van der Waals surface area contributed by atoms with Crippen molar-refractivity contribution in [3.63, 3.8) is 0 Å². The molecule has 1 aromatic carbocycles. The Kier molecular flexibility index (Phi) is 5.38. The Morgan fingerprint density at radius 3 is 2.67 bits per heavy atom. The van der Waals surface area contributed by atoms with Crippen LogP contribution < -0.4 is 4.74 Å². The smallest absolute Gasteiger partial charge is 0.261 e. The van der Waals surface area contributed by atoms with Gasteiger partial charge in [-0.1, -0.05) is 0 Å². The van der Waals surface area contributed by atoms with Crippen molar-refractivity contribution in [1.29, 1.82) is 5.26 Å². The summed E-state index contributed by atoms with van der Waals surface area (Å²) in [5.74, 6) is -0.812. The molecule has 0 aromatic heterocycles. The fourth-order valence-electron chi connectivity index (χ4n) is 1.24. The van der Waals surface area contributed by atoms with Crippen molar-refractivity contribution in [3.8, 4) is 11.8 Å². The summed E-state index contributed by atoms with van der Waals surface area (Å²) in [5.41, 5.74) is 0. The Hall–Kier alpha value is -1.32. The molecule has 0 bridgehead atoms. The van der Waals surface area contributed by atoms with E-state index in [2.05, 4.69) is 0 Å². The van der Waals surface area contributed by atoms with Crippen molar-refractivity contribution in [1.82, 2.24) is 0 Å². The van der Waals surface area contributed by atoms with Crippen LogP contribution in [0.3, 0.4) is 0 Å². The normalized spacial score (nSPS) is 10.9. The minimum atomic E-state index is -3.93. The van der Waals surface area contributed by atoms with Gasteiger partial charge in [-0.25, -0.2) is 12.8 Å². The summed E-state index contributed by atoms with van der Waals surface area (Å²) in [7, 11) is 1.14. The molecule has 0 spiro atoms. The lowest BCUT2D eigenvalue weighted by molar-refractivity contribution is 0.292. The van der Waals surface area contributed by atoms with Crippen LogP contribution in [-0.2, 0) is 9.05 Å². The molecule has 0 amide bonds. The lowest BCUT2D eigenvalue weighted by atomic mass is 10.2. The van der Waals surface area contributed by atoms with E-state index < -0.39 is 14.9 Å². The first kappa shape index (κ1) is 14.7. The summed E-state index contributed by atoms with van der Waals surface area (Å²) < 4.78 is 40.5. The monoisotopic (exact) mass is 291 g/mol.